The monoisotopic (exact) mass is 326 g/mol. The summed E-state index contributed by atoms with van der Waals surface area (Å²) in [6, 6.07) is 16.8. The summed E-state index contributed by atoms with van der Waals surface area (Å²) in [5.74, 6) is -0.108. The van der Waals surface area contributed by atoms with Crippen LogP contribution in [0.4, 0.5) is 4.39 Å². The van der Waals surface area contributed by atoms with Crippen molar-refractivity contribution in [3.63, 3.8) is 0 Å². The van der Waals surface area contributed by atoms with Crippen LogP contribution < -0.4 is 0 Å². The van der Waals surface area contributed by atoms with Crippen LogP contribution in [0, 0.1) is 5.82 Å². The lowest BCUT2D eigenvalue weighted by atomic mass is 10.0. The molecule has 0 spiro atoms. The van der Waals surface area contributed by atoms with E-state index in [0.29, 0.717) is 12.8 Å². The molecule has 1 fully saturated rings. The Morgan fingerprint density at radius 2 is 1.92 bits per heavy atom. The normalized spacial score (nSPS) is 18.6. The van der Waals surface area contributed by atoms with E-state index >= 15 is 0 Å². The number of nitrogens with zero attached hydrogens (tertiary/aromatic N) is 2. The summed E-state index contributed by atoms with van der Waals surface area (Å²) < 4.78 is 13.3. The molecular formula is C20H23FN2O. The van der Waals surface area contributed by atoms with Gasteiger partial charge in [0.2, 0.25) is 5.91 Å². The first-order valence-electron chi connectivity index (χ1n) is 8.41. The molecule has 1 atom stereocenters. The van der Waals surface area contributed by atoms with Gasteiger partial charge in [0.1, 0.15) is 5.82 Å². The van der Waals surface area contributed by atoms with Crippen LogP contribution in [0.5, 0.6) is 0 Å². The van der Waals surface area contributed by atoms with Crippen LogP contribution in [0.1, 0.15) is 23.6 Å². The zero-order valence-corrected chi connectivity index (χ0v) is 14.0. The fourth-order valence-corrected chi connectivity index (χ4v) is 3.27. The van der Waals surface area contributed by atoms with Crippen molar-refractivity contribution < 1.29 is 9.18 Å². The number of likely N-dealkylation sites (N-methyl/N-ethyl adjacent to an activating group) is 1. The highest BCUT2D eigenvalue weighted by Gasteiger charge is 2.29. The largest absolute Gasteiger partial charge is 0.333 e. The number of hydrogen-bond acceptors (Lipinski definition) is 2. The fourth-order valence-electron chi connectivity index (χ4n) is 3.27. The molecule has 3 nitrogen and oxygen atoms in total. The molecule has 0 radical (unpaired) electrons. The highest BCUT2D eigenvalue weighted by atomic mass is 19.1. The van der Waals surface area contributed by atoms with Crippen LogP contribution in [0.25, 0.3) is 0 Å². The highest BCUT2D eigenvalue weighted by Crippen LogP contribution is 2.25. The lowest BCUT2D eigenvalue weighted by Gasteiger charge is -2.40. The van der Waals surface area contributed by atoms with Crippen LogP contribution in [0.3, 0.4) is 0 Å². The minimum Gasteiger partial charge on any atom is -0.333 e. The van der Waals surface area contributed by atoms with Gasteiger partial charge >= 0.3 is 0 Å². The van der Waals surface area contributed by atoms with E-state index in [-0.39, 0.29) is 17.8 Å². The predicted molar refractivity (Wildman–Crippen MR) is 93.1 cm³/mol. The van der Waals surface area contributed by atoms with Gasteiger partial charge in [-0.25, -0.2) is 4.39 Å². The number of carbonyl (C=O) groups excluding carboxylic acids is 1. The van der Waals surface area contributed by atoms with Gasteiger partial charge in [-0.2, -0.15) is 0 Å². The van der Waals surface area contributed by atoms with E-state index in [1.807, 2.05) is 29.2 Å². The van der Waals surface area contributed by atoms with Crippen LogP contribution in [0.15, 0.2) is 54.6 Å². The Kier molecular flexibility index (Phi) is 5.26. The lowest BCUT2D eigenvalue weighted by Crippen LogP contribution is -2.49. The van der Waals surface area contributed by atoms with Crippen molar-refractivity contribution in [1.29, 1.82) is 0 Å². The molecule has 4 heteroatoms. The smallest absolute Gasteiger partial charge is 0.223 e. The van der Waals surface area contributed by atoms with Crippen molar-refractivity contribution in [2.24, 2.45) is 0 Å². The summed E-state index contributed by atoms with van der Waals surface area (Å²) in [5.41, 5.74) is 2.04. The average molecular weight is 326 g/mol. The Hall–Kier alpha value is -2.20. The van der Waals surface area contributed by atoms with E-state index in [1.54, 1.807) is 6.07 Å². The lowest BCUT2D eigenvalue weighted by molar-refractivity contribution is -0.136. The van der Waals surface area contributed by atoms with Gasteiger partial charge in [0.15, 0.2) is 0 Å². The molecule has 24 heavy (non-hydrogen) atoms. The molecule has 1 aliphatic rings. The van der Waals surface area contributed by atoms with Gasteiger partial charge in [-0.1, -0.05) is 42.5 Å². The molecule has 0 aliphatic carbocycles. The van der Waals surface area contributed by atoms with Crippen LogP contribution in [0.2, 0.25) is 0 Å². The molecule has 2 aromatic carbocycles. The van der Waals surface area contributed by atoms with Crippen molar-refractivity contribution in [3.05, 3.63) is 71.5 Å². The van der Waals surface area contributed by atoms with Crippen LogP contribution in [-0.2, 0) is 11.2 Å². The maximum absolute atomic E-state index is 13.3. The third kappa shape index (κ3) is 4.01. The Balaban J connectivity index is 1.69. The highest BCUT2D eigenvalue weighted by molar-refractivity contribution is 5.77. The number of amides is 1. The van der Waals surface area contributed by atoms with Crippen molar-refractivity contribution in [1.82, 2.24) is 9.80 Å². The minimum atomic E-state index is -0.248. The summed E-state index contributed by atoms with van der Waals surface area (Å²) >= 11 is 0. The first-order valence-corrected chi connectivity index (χ1v) is 8.41. The number of piperazine rings is 1. The molecule has 3 rings (SSSR count). The van der Waals surface area contributed by atoms with Gasteiger partial charge in [-0.3, -0.25) is 4.79 Å². The van der Waals surface area contributed by atoms with Crippen molar-refractivity contribution in [3.8, 4) is 0 Å². The van der Waals surface area contributed by atoms with Gasteiger partial charge < -0.3 is 9.80 Å². The van der Waals surface area contributed by atoms with Gasteiger partial charge in [0.25, 0.3) is 0 Å². The summed E-state index contributed by atoms with van der Waals surface area (Å²) in [5, 5.41) is 0. The summed E-state index contributed by atoms with van der Waals surface area (Å²) in [4.78, 5) is 17.0. The third-order valence-electron chi connectivity index (χ3n) is 4.60. The minimum absolute atomic E-state index is 0.0879. The van der Waals surface area contributed by atoms with Gasteiger partial charge in [-0.15, -0.1) is 0 Å². The zero-order chi connectivity index (χ0) is 16.9. The molecule has 2 aromatic rings. The van der Waals surface area contributed by atoms with E-state index in [9.17, 15) is 9.18 Å². The van der Waals surface area contributed by atoms with Gasteiger partial charge in [0.05, 0.1) is 6.04 Å². The standard InChI is InChI=1S/C20H23FN2O/c1-22-12-13-23(19(15-22)17-7-3-2-4-8-17)20(24)11-10-16-6-5-9-18(21)14-16/h2-9,14,19H,10-13,15H2,1H3. The summed E-state index contributed by atoms with van der Waals surface area (Å²) in [6.07, 6.45) is 0.987. The molecule has 1 aliphatic heterocycles. The molecule has 1 saturated heterocycles. The van der Waals surface area contributed by atoms with Crippen LogP contribution in [-0.4, -0.2) is 42.4 Å². The Bertz CT molecular complexity index is 689. The predicted octanol–water partition coefficient (Wildman–Crippen LogP) is 3.27. The zero-order valence-electron chi connectivity index (χ0n) is 14.0. The maximum Gasteiger partial charge on any atom is 0.223 e. The molecule has 1 heterocycles. The van der Waals surface area contributed by atoms with Crippen molar-refractivity contribution in [2.45, 2.75) is 18.9 Å². The molecule has 1 unspecified atom stereocenters. The molecule has 0 N–H and O–H groups in total. The number of rotatable bonds is 4. The second kappa shape index (κ2) is 7.58. The second-order valence-electron chi connectivity index (χ2n) is 6.41. The molecule has 0 aromatic heterocycles. The third-order valence-corrected chi connectivity index (χ3v) is 4.60. The second-order valence-corrected chi connectivity index (χ2v) is 6.41. The Morgan fingerprint density at radius 3 is 2.67 bits per heavy atom. The van der Waals surface area contributed by atoms with Gasteiger partial charge in [-0.05, 0) is 36.7 Å². The summed E-state index contributed by atoms with van der Waals surface area (Å²) in [7, 11) is 2.09. The van der Waals surface area contributed by atoms with Crippen LogP contribution >= 0.6 is 0 Å². The maximum atomic E-state index is 13.3. The van der Waals surface area contributed by atoms with Crippen molar-refractivity contribution >= 4 is 5.91 Å². The molecule has 126 valence electrons. The molecule has 0 saturated carbocycles. The first kappa shape index (κ1) is 16.7. The van der Waals surface area contributed by atoms with Gasteiger partial charge in [0, 0.05) is 26.1 Å². The fraction of sp³-hybridized carbons (Fsp3) is 0.350. The number of aryl methyl sites for hydroxylation is 1. The summed E-state index contributed by atoms with van der Waals surface area (Å²) in [6.45, 7) is 2.46. The van der Waals surface area contributed by atoms with E-state index in [0.717, 1.165) is 25.2 Å². The molecular weight excluding hydrogens is 303 g/mol. The number of hydrogen-bond donors (Lipinski definition) is 0. The van der Waals surface area contributed by atoms with E-state index in [2.05, 4.69) is 24.1 Å². The molecule has 1 amide bonds. The number of halogens is 1. The average Bonchev–Trinajstić information content (AvgIpc) is 2.60. The number of carbonyl (C=O) groups is 1. The molecule has 0 bridgehead atoms. The van der Waals surface area contributed by atoms with E-state index in [4.69, 9.17) is 0 Å². The van der Waals surface area contributed by atoms with E-state index < -0.39 is 0 Å². The topological polar surface area (TPSA) is 23.6 Å². The first-order chi connectivity index (χ1) is 11.6. The Morgan fingerprint density at radius 1 is 1.12 bits per heavy atom. The van der Waals surface area contributed by atoms with Crippen molar-refractivity contribution in [2.75, 3.05) is 26.7 Å². The van der Waals surface area contributed by atoms with E-state index in [1.165, 1.54) is 17.7 Å². The quantitative estimate of drug-likeness (QED) is 0.861. The number of benzene rings is 2. The Labute approximate surface area is 142 Å². The SMILES string of the molecule is CN1CCN(C(=O)CCc2cccc(F)c2)C(c2ccccc2)C1.